The third kappa shape index (κ3) is 3.75. The van der Waals surface area contributed by atoms with Gasteiger partial charge in [0.15, 0.2) is 5.69 Å². The number of benzene rings is 1. The van der Waals surface area contributed by atoms with Crippen LogP contribution in [0.4, 0.5) is 11.7 Å². The molecule has 0 aliphatic rings. The van der Waals surface area contributed by atoms with Gasteiger partial charge in [0.25, 0.3) is 6.01 Å². The summed E-state index contributed by atoms with van der Waals surface area (Å²) >= 11 is 0. The average Bonchev–Trinajstić information content (AvgIpc) is 2.95. The molecule has 2 rings (SSSR count). The minimum Gasteiger partial charge on any atom is -0.461 e. The van der Waals surface area contributed by atoms with Crippen molar-refractivity contribution in [1.82, 2.24) is 4.98 Å². The Kier molecular flexibility index (Phi) is 4.81. The lowest BCUT2D eigenvalue weighted by molar-refractivity contribution is 0.0519. The van der Waals surface area contributed by atoms with Crippen molar-refractivity contribution < 1.29 is 13.9 Å². The number of nitrogens with two attached hydrogens (primary N) is 1. The van der Waals surface area contributed by atoms with Gasteiger partial charge in [0.05, 0.1) is 6.61 Å². The van der Waals surface area contributed by atoms with Crippen molar-refractivity contribution in [2.75, 3.05) is 23.8 Å². The number of esters is 1. The first kappa shape index (κ1) is 14.9. The van der Waals surface area contributed by atoms with Crippen molar-refractivity contribution in [3.8, 4) is 0 Å². The highest BCUT2D eigenvalue weighted by Crippen LogP contribution is 2.18. The maximum Gasteiger partial charge on any atom is 0.360 e. The van der Waals surface area contributed by atoms with E-state index in [1.54, 1.807) is 6.92 Å². The summed E-state index contributed by atoms with van der Waals surface area (Å²) < 4.78 is 10.3. The summed E-state index contributed by atoms with van der Waals surface area (Å²) in [6.45, 7) is 5.33. The van der Waals surface area contributed by atoms with Crippen LogP contribution in [-0.2, 0) is 11.3 Å². The number of ether oxygens (including phenoxy) is 1. The van der Waals surface area contributed by atoms with Crippen molar-refractivity contribution >= 4 is 17.7 Å². The van der Waals surface area contributed by atoms with Crippen LogP contribution >= 0.6 is 0 Å². The van der Waals surface area contributed by atoms with Gasteiger partial charge in [-0.05, 0) is 31.5 Å². The molecule has 0 spiro atoms. The predicted molar refractivity (Wildman–Crippen MR) is 80.0 cm³/mol. The Morgan fingerprint density at radius 2 is 2.24 bits per heavy atom. The smallest absolute Gasteiger partial charge is 0.360 e. The predicted octanol–water partition coefficient (Wildman–Crippen LogP) is 2.46. The van der Waals surface area contributed by atoms with Crippen molar-refractivity contribution in [1.29, 1.82) is 0 Å². The maximum atomic E-state index is 11.6. The molecule has 2 N–H and O–H groups in total. The Morgan fingerprint density at radius 3 is 2.90 bits per heavy atom. The lowest BCUT2D eigenvalue weighted by atomic mass is 10.2. The first-order valence-corrected chi connectivity index (χ1v) is 6.86. The zero-order valence-corrected chi connectivity index (χ0v) is 12.2. The lowest BCUT2D eigenvalue weighted by Gasteiger charge is -2.18. The molecule has 0 saturated heterocycles. The quantitative estimate of drug-likeness (QED) is 0.650. The topological polar surface area (TPSA) is 81.6 Å². The zero-order chi connectivity index (χ0) is 15.2. The third-order valence-electron chi connectivity index (χ3n) is 2.95. The fourth-order valence-corrected chi connectivity index (χ4v) is 1.93. The first-order valence-electron chi connectivity index (χ1n) is 6.86. The van der Waals surface area contributed by atoms with Gasteiger partial charge >= 0.3 is 5.97 Å². The molecular formula is C15H19N3O3. The van der Waals surface area contributed by atoms with Crippen LogP contribution in [0, 0.1) is 0 Å². The molecule has 0 bridgehead atoms. The molecule has 0 radical (unpaired) electrons. The molecule has 1 aromatic carbocycles. The highest BCUT2D eigenvalue weighted by Gasteiger charge is 2.17. The van der Waals surface area contributed by atoms with Crippen LogP contribution in [0.1, 0.15) is 29.9 Å². The van der Waals surface area contributed by atoms with Crippen molar-refractivity contribution in [3.63, 3.8) is 0 Å². The second kappa shape index (κ2) is 6.78. The Labute approximate surface area is 123 Å². The summed E-state index contributed by atoms with van der Waals surface area (Å²) in [4.78, 5) is 17.7. The molecule has 0 amide bonds. The van der Waals surface area contributed by atoms with Crippen molar-refractivity contribution in [2.24, 2.45) is 0 Å². The van der Waals surface area contributed by atoms with Gasteiger partial charge in [-0.2, -0.15) is 4.98 Å². The van der Waals surface area contributed by atoms with Crippen molar-refractivity contribution in [3.05, 3.63) is 41.8 Å². The number of nitrogens with zero attached hydrogens (tertiary/aromatic N) is 2. The molecule has 0 atom stereocenters. The number of hydrogen-bond acceptors (Lipinski definition) is 6. The lowest BCUT2D eigenvalue weighted by Crippen LogP contribution is -2.22. The second-order valence-electron chi connectivity index (χ2n) is 4.50. The standard InChI is InChI=1S/C15H19N3O3/c1-3-18(9-11-6-5-7-12(16)8-11)15-17-13(10-21-15)14(19)20-4-2/h5-8,10H,3-4,9,16H2,1-2H3. The number of rotatable bonds is 6. The number of carbonyl (C=O) groups excluding carboxylic acids is 1. The summed E-state index contributed by atoms with van der Waals surface area (Å²) in [7, 11) is 0. The molecule has 1 heterocycles. The van der Waals surface area contributed by atoms with Crippen LogP contribution < -0.4 is 10.6 Å². The number of nitrogen functional groups attached to an aromatic ring is 1. The van der Waals surface area contributed by atoms with E-state index in [4.69, 9.17) is 14.9 Å². The highest BCUT2D eigenvalue weighted by molar-refractivity contribution is 5.87. The number of oxazole rings is 1. The Morgan fingerprint density at radius 1 is 1.43 bits per heavy atom. The number of anilines is 2. The number of aromatic nitrogens is 1. The van der Waals surface area contributed by atoms with Gasteiger partial charge in [-0.3, -0.25) is 0 Å². The molecule has 21 heavy (non-hydrogen) atoms. The Hall–Kier alpha value is -2.50. The number of hydrogen-bond donors (Lipinski definition) is 1. The molecule has 2 aromatic rings. The molecule has 0 fully saturated rings. The summed E-state index contributed by atoms with van der Waals surface area (Å²) in [5.41, 5.74) is 7.71. The van der Waals surface area contributed by atoms with Crippen LogP contribution in [0.2, 0.25) is 0 Å². The molecule has 1 aromatic heterocycles. The molecule has 0 unspecified atom stereocenters. The molecule has 6 nitrogen and oxygen atoms in total. The van der Waals surface area contributed by atoms with E-state index in [9.17, 15) is 4.79 Å². The molecule has 0 aliphatic carbocycles. The Bertz CT molecular complexity index is 610. The molecule has 0 aliphatic heterocycles. The fraction of sp³-hybridized carbons (Fsp3) is 0.333. The Balaban J connectivity index is 2.12. The van der Waals surface area contributed by atoms with Gasteiger partial charge in [0.2, 0.25) is 0 Å². The largest absolute Gasteiger partial charge is 0.461 e. The highest BCUT2D eigenvalue weighted by atomic mass is 16.5. The molecule has 0 saturated carbocycles. The maximum absolute atomic E-state index is 11.6. The van der Waals surface area contributed by atoms with E-state index in [2.05, 4.69) is 4.98 Å². The van der Waals surface area contributed by atoms with E-state index in [1.165, 1.54) is 6.26 Å². The molecule has 112 valence electrons. The fourth-order valence-electron chi connectivity index (χ4n) is 1.93. The zero-order valence-electron chi connectivity index (χ0n) is 12.2. The SMILES string of the molecule is CCOC(=O)c1coc(N(CC)Cc2cccc(N)c2)n1. The van der Waals surface area contributed by atoms with Crippen LogP contribution in [0.15, 0.2) is 34.9 Å². The van der Waals surface area contributed by atoms with Gasteiger partial charge in [-0.25, -0.2) is 4.79 Å². The number of carbonyl (C=O) groups is 1. The minimum atomic E-state index is -0.479. The van der Waals surface area contributed by atoms with E-state index >= 15 is 0 Å². The summed E-state index contributed by atoms with van der Waals surface area (Å²) in [6, 6.07) is 8.01. The monoisotopic (exact) mass is 289 g/mol. The van der Waals surface area contributed by atoms with Gasteiger partial charge in [-0.15, -0.1) is 0 Å². The summed E-state index contributed by atoms with van der Waals surface area (Å²) in [6.07, 6.45) is 1.31. The second-order valence-corrected chi connectivity index (χ2v) is 4.50. The van der Waals surface area contributed by atoms with Gasteiger partial charge in [0.1, 0.15) is 6.26 Å². The van der Waals surface area contributed by atoms with E-state index in [1.807, 2.05) is 36.1 Å². The van der Waals surface area contributed by atoms with E-state index in [0.717, 1.165) is 5.56 Å². The average molecular weight is 289 g/mol. The van der Waals surface area contributed by atoms with E-state index < -0.39 is 5.97 Å². The van der Waals surface area contributed by atoms with Gasteiger partial charge in [0, 0.05) is 18.8 Å². The minimum absolute atomic E-state index is 0.179. The van der Waals surface area contributed by atoms with Crippen LogP contribution in [0.25, 0.3) is 0 Å². The van der Waals surface area contributed by atoms with Gasteiger partial charge in [-0.1, -0.05) is 12.1 Å². The molecular weight excluding hydrogens is 270 g/mol. The van der Waals surface area contributed by atoms with Crippen molar-refractivity contribution in [2.45, 2.75) is 20.4 Å². The van der Waals surface area contributed by atoms with Crippen LogP contribution in [0.5, 0.6) is 0 Å². The van der Waals surface area contributed by atoms with Crippen LogP contribution in [0.3, 0.4) is 0 Å². The van der Waals surface area contributed by atoms with Gasteiger partial charge < -0.3 is 19.8 Å². The third-order valence-corrected chi connectivity index (χ3v) is 2.95. The normalized spacial score (nSPS) is 10.4. The molecule has 6 heteroatoms. The van der Waals surface area contributed by atoms with E-state index in [-0.39, 0.29) is 5.69 Å². The summed E-state index contributed by atoms with van der Waals surface area (Å²) in [5, 5.41) is 0. The first-order chi connectivity index (χ1) is 10.1. The van der Waals surface area contributed by atoms with E-state index in [0.29, 0.717) is 31.4 Å². The summed E-state index contributed by atoms with van der Waals surface area (Å²) in [5.74, 6) is -0.479. The van der Waals surface area contributed by atoms with Crippen LogP contribution in [-0.4, -0.2) is 24.1 Å².